The van der Waals surface area contributed by atoms with Crippen molar-refractivity contribution < 1.29 is 22.7 Å². The highest BCUT2D eigenvalue weighted by molar-refractivity contribution is 8.13. The van der Waals surface area contributed by atoms with E-state index in [1.807, 2.05) is 0 Å². The third-order valence-electron chi connectivity index (χ3n) is 3.22. The molecule has 0 N–H and O–H groups in total. The van der Waals surface area contributed by atoms with Crippen molar-refractivity contribution in [3.8, 4) is 5.75 Å². The number of hydrogen-bond acceptors (Lipinski definition) is 5. The van der Waals surface area contributed by atoms with Crippen molar-refractivity contribution in [2.24, 2.45) is 0 Å². The summed E-state index contributed by atoms with van der Waals surface area (Å²) in [6.07, 6.45) is 2.80. The van der Waals surface area contributed by atoms with Crippen LogP contribution in [0.5, 0.6) is 5.75 Å². The standard InChI is InChI=1S/C13H15ClO5S/c1-18-12-6-5-11(20(14,16)17)7-9(12)8-13(15)19-10-3-2-4-10/h5-7,10H,2-4,8H2,1H3. The molecule has 0 spiro atoms. The Kier molecular flexibility index (Phi) is 4.55. The summed E-state index contributed by atoms with van der Waals surface area (Å²) in [5.74, 6) is 0.0387. The average molecular weight is 319 g/mol. The molecule has 0 aliphatic heterocycles. The van der Waals surface area contributed by atoms with Crippen molar-refractivity contribution >= 4 is 25.7 Å². The quantitative estimate of drug-likeness (QED) is 0.615. The lowest BCUT2D eigenvalue weighted by Gasteiger charge is -2.25. The molecule has 0 radical (unpaired) electrons. The Morgan fingerprint density at radius 1 is 1.40 bits per heavy atom. The second-order valence-corrected chi connectivity index (χ2v) is 7.20. The first kappa shape index (κ1) is 15.1. The number of benzene rings is 1. The van der Waals surface area contributed by atoms with Gasteiger partial charge in [0.2, 0.25) is 0 Å². The molecule has 2 rings (SSSR count). The third kappa shape index (κ3) is 3.64. The van der Waals surface area contributed by atoms with Crippen molar-refractivity contribution in [1.82, 2.24) is 0 Å². The largest absolute Gasteiger partial charge is 0.496 e. The molecule has 20 heavy (non-hydrogen) atoms. The molecule has 1 fully saturated rings. The molecule has 0 heterocycles. The van der Waals surface area contributed by atoms with Crippen molar-refractivity contribution in [2.45, 2.75) is 36.7 Å². The summed E-state index contributed by atoms with van der Waals surface area (Å²) in [5, 5.41) is 0. The summed E-state index contributed by atoms with van der Waals surface area (Å²) in [6.45, 7) is 0. The van der Waals surface area contributed by atoms with Gasteiger partial charge >= 0.3 is 5.97 Å². The topological polar surface area (TPSA) is 69.7 Å². The van der Waals surface area contributed by atoms with Crippen LogP contribution in [0, 0.1) is 0 Å². The van der Waals surface area contributed by atoms with E-state index in [2.05, 4.69) is 0 Å². The van der Waals surface area contributed by atoms with Gasteiger partial charge in [-0.1, -0.05) is 0 Å². The molecular weight excluding hydrogens is 304 g/mol. The molecule has 1 aromatic rings. The molecule has 0 aromatic heterocycles. The first-order valence-corrected chi connectivity index (χ1v) is 8.52. The van der Waals surface area contributed by atoms with Crippen molar-refractivity contribution in [3.63, 3.8) is 0 Å². The molecule has 0 bridgehead atoms. The smallest absolute Gasteiger partial charge is 0.310 e. The van der Waals surface area contributed by atoms with Gasteiger partial charge in [-0.15, -0.1) is 0 Å². The van der Waals surface area contributed by atoms with Crippen LogP contribution in [0.1, 0.15) is 24.8 Å². The van der Waals surface area contributed by atoms with Gasteiger partial charge in [0.25, 0.3) is 9.05 Å². The first-order valence-electron chi connectivity index (χ1n) is 6.21. The zero-order valence-electron chi connectivity index (χ0n) is 11.0. The predicted octanol–water partition coefficient (Wildman–Crippen LogP) is 2.26. The highest BCUT2D eigenvalue weighted by Crippen LogP contribution is 2.26. The number of ether oxygens (including phenoxy) is 2. The zero-order valence-corrected chi connectivity index (χ0v) is 12.5. The molecule has 0 atom stereocenters. The van der Waals surface area contributed by atoms with Crippen molar-refractivity contribution in [3.05, 3.63) is 23.8 Å². The third-order valence-corrected chi connectivity index (χ3v) is 4.57. The maximum Gasteiger partial charge on any atom is 0.310 e. The highest BCUT2D eigenvalue weighted by Gasteiger charge is 2.23. The van der Waals surface area contributed by atoms with Crippen molar-refractivity contribution in [1.29, 1.82) is 0 Å². The van der Waals surface area contributed by atoms with Crippen LogP contribution in [0.2, 0.25) is 0 Å². The van der Waals surface area contributed by atoms with Crippen LogP contribution in [-0.4, -0.2) is 27.6 Å². The Morgan fingerprint density at radius 3 is 2.60 bits per heavy atom. The van der Waals surface area contributed by atoms with Gasteiger partial charge in [0.05, 0.1) is 18.4 Å². The van der Waals surface area contributed by atoms with E-state index in [1.54, 1.807) is 0 Å². The van der Waals surface area contributed by atoms with E-state index in [0.29, 0.717) is 11.3 Å². The Balaban J connectivity index is 2.17. The second kappa shape index (κ2) is 6.01. The Bertz CT molecular complexity index is 607. The fourth-order valence-corrected chi connectivity index (χ4v) is 2.72. The van der Waals surface area contributed by atoms with E-state index in [-0.39, 0.29) is 17.4 Å². The zero-order chi connectivity index (χ0) is 14.8. The molecule has 1 aromatic carbocycles. The fourth-order valence-electron chi connectivity index (χ4n) is 1.92. The minimum Gasteiger partial charge on any atom is -0.496 e. The summed E-state index contributed by atoms with van der Waals surface area (Å²) < 4.78 is 33.0. The number of carbonyl (C=O) groups excluding carboxylic acids is 1. The summed E-state index contributed by atoms with van der Waals surface area (Å²) in [6, 6.07) is 4.15. The SMILES string of the molecule is COc1ccc(S(=O)(=O)Cl)cc1CC(=O)OC1CCC1. The molecule has 0 unspecified atom stereocenters. The van der Waals surface area contributed by atoms with Gasteiger partial charge in [0.1, 0.15) is 11.9 Å². The Morgan fingerprint density at radius 2 is 2.10 bits per heavy atom. The Labute approximate surface area is 122 Å². The maximum atomic E-state index is 11.8. The van der Waals surface area contributed by atoms with E-state index in [0.717, 1.165) is 19.3 Å². The van der Waals surface area contributed by atoms with Gasteiger partial charge in [-0.05, 0) is 37.5 Å². The highest BCUT2D eigenvalue weighted by atomic mass is 35.7. The lowest BCUT2D eigenvalue weighted by molar-refractivity contribution is -0.152. The number of esters is 1. The average Bonchev–Trinajstić information content (AvgIpc) is 2.33. The lowest BCUT2D eigenvalue weighted by Crippen LogP contribution is -2.26. The molecule has 7 heteroatoms. The van der Waals surface area contributed by atoms with Gasteiger partial charge in [0, 0.05) is 16.2 Å². The fraction of sp³-hybridized carbons (Fsp3) is 0.462. The molecule has 0 amide bonds. The minimum atomic E-state index is -3.84. The summed E-state index contributed by atoms with van der Waals surface area (Å²) >= 11 is 0. The molecule has 1 saturated carbocycles. The van der Waals surface area contributed by atoms with Gasteiger partial charge in [-0.25, -0.2) is 8.42 Å². The Hall–Kier alpha value is -1.27. The molecular formula is C13H15ClO5S. The predicted molar refractivity (Wildman–Crippen MR) is 73.5 cm³/mol. The van der Waals surface area contributed by atoms with E-state index in [9.17, 15) is 13.2 Å². The second-order valence-electron chi connectivity index (χ2n) is 4.63. The summed E-state index contributed by atoms with van der Waals surface area (Å²) in [5.41, 5.74) is 0.443. The molecule has 0 saturated heterocycles. The number of carbonyl (C=O) groups is 1. The van der Waals surface area contributed by atoms with Crippen molar-refractivity contribution in [2.75, 3.05) is 7.11 Å². The van der Waals surface area contributed by atoms with Crippen LogP contribution < -0.4 is 4.74 Å². The number of hydrogen-bond donors (Lipinski definition) is 0. The minimum absolute atomic E-state index is 0.00608. The first-order chi connectivity index (χ1) is 9.40. The summed E-state index contributed by atoms with van der Waals surface area (Å²) in [7, 11) is 2.91. The number of methoxy groups -OCH3 is 1. The van der Waals surface area contributed by atoms with E-state index >= 15 is 0 Å². The van der Waals surface area contributed by atoms with Crippen LogP contribution in [0.15, 0.2) is 23.1 Å². The van der Waals surface area contributed by atoms with Crippen LogP contribution in [0.25, 0.3) is 0 Å². The molecule has 5 nitrogen and oxygen atoms in total. The molecule has 110 valence electrons. The normalized spacial score (nSPS) is 15.5. The van der Waals surface area contributed by atoms with Crippen LogP contribution in [0.3, 0.4) is 0 Å². The van der Waals surface area contributed by atoms with E-state index in [1.165, 1.54) is 25.3 Å². The summed E-state index contributed by atoms with van der Waals surface area (Å²) in [4.78, 5) is 11.7. The number of halogens is 1. The van der Waals surface area contributed by atoms with Gasteiger partial charge in [0.15, 0.2) is 0 Å². The maximum absolute atomic E-state index is 11.8. The lowest BCUT2D eigenvalue weighted by atomic mass is 9.96. The molecule has 1 aliphatic carbocycles. The van der Waals surface area contributed by atoms with Gasteiger partial charge in [-0.3, -0.25) is 4.79 Å². The van der Waals surface area contributed by atoms with E-state index in [4.69, 9.17) is 20.2 Å². The van der Waals surface area contributed by atoms with Gasteiger partial charge in [-0.2, -0.15) is 0 Å². The number of rotatable bonds is 5. The van der Waals surface area contributed by atoms with Crippen LogP contribution in [0.4, 0.5) is 0 Å². The van der Waals surface area contributed by atoms with Gasteiger partial charge < -0.3 is 9.47 Å². The van der Waals surface area contributed by atoms with Crippen LogP contribution in [-0.2, 0) is 25.0 Å². The van der Waals surface area contributed by atoms with Crippen LogP contribution >= 0.6 is 10.7 Å². The molecule has 1 aliphatic rings. The monoisotopic (exact) mass is 318 g/mol. The van der Waals surface area contributed by atoms with E-state index < -0.39 is 15.0 Å².